The zero-order valence-corrected chi connectivity index (χ0v) is 13.4. The van der Waals surface area contributed by atoms with E-state index < -0.39 is 0 Å². The fourth-order valence-electron chi connectivity index (χ4n) is 3.40. The van der Waals surface area contributed by atoms with Gasteiger partial charge in [-0.1, -0.05) is 22.9 Å². The third-order valence-electron chi connectivity index (χ3n) is 4.41. The molecule has 1 N–H and O–H groups in total. The van der Waals surface area contributed by atoms with Crippen LogP contribution in [0.5, 0.6) is 5.75 Å². The lowest BCUT2D eigenvalue weighted by Gasteiger charge is -2.23. The van der Waals surface area contributed by atoms with Gasteiger partial charge in [0.15, 0.2) is 0 Å². The van der Waals surface area contributed by atoms with Gasteiger partial charge in [-0.15, -0.1) is 0 Å². The normalized spacial score (nSPS) is 26.4. The molecule has 2 aliphatic rings. The predicted octanol–water partition coefficient (Wildman–Crippen LogP) is 3.10. The second-order valence-corrected chi connectivity index (χ2v) is 6.61. The summed E-state index contributed by atoms with van der Waals surface area (Å²) in [5, 5.41) is 10.6. The summed E-state index contributed by atoms with van der Waals surface area (Å²) in [6.45, 7) is 3.64. The van der Waals surface area contributed by atoms with Crippen LogP contribution >= 0.6 is 15.9 Å². The van der Waals surface area contributed by atoms with Crippen molar-refractivity contribution in [3.8, 4) is 5.75 Å². The smallest absolute Gasteiger partial charge is 0.125 e. The van der Waals surface area contributed by atoms with E-state index in [4.69, 9.17) is 9.47 Å². The summed E-state index contributed by atoms with van der Waals surface area (Å²) >= 11 is 3.55. The second kappa shape index (κ2) is 6.04. The van der Waals surface area contributed by atoms with Crippen molar-refractivity contribution in [1.82, 2.24) is 0 Å². The molecule has 0 saturated carbocycles. The molecule has 4 heteroatoms. The quantitative estimate of drug-likeness (QED) is 0.915. The third-order valence-corrected chi connectivity index (χ3v) is 4.87. The molecule has 0 bridgehead atoms. The molecule has 3 rings (SSSR count). The number of aliphatic hydroxyl groups is 1. The van der Waals surface area contributed by atoms with Crippen LogP contribution in [0.3, 0.4) is 0 Å². The van der Waals surface area contributed by atoms with Crippen LogP contribution < -0.4 is 4.74 Å². The first-order valence-electron chi connectivity index (χ1n) is 7.42. The molecule has 0 spiro atoms. The van der Waals surface area contributed by atoms with Gasteiger partial charge in [0.25, 0.3) is 0 Å². The largest absolute Gasteiger partial charge is 0.493 e. The Morgan fingerprint density at radius 3 is 3.05 bits per heavy atom. The predicted molar refractivity (Wildman–Crippen MR) is 81.2 cm³/mol. The maximum absolute atomic E-state index is 10.6. The minimum atomic E-state index is -0.356. The minimum Gasteiger partial charge on any atom is -0.493 e. The molecular weight excluding hydrogens is 320 g/mol. The van der Waals surface area contributed by atoms with E-state index in [1.807, 2.05) is 0 Å². The van der Waals surface area contributed by atoms with Crippen LogP contribution in [-0.2, 0) is 17.6 Å². The lowest BCUT2D eigenvalue weighted by Crippen LogP contribution is -2.29. The SMILES string of the molecule is CCC1OCCC1C(O)Cc1cc(Br)cc2c1OCC2. The van der Waals surface area contributed by atoms with Crippen molar-refractivity contribution in [2.75, 3.05) is 13.2 Å². The molecule has 20 heavy (non-hydrogen) atoms. The van der Waals surface area contributed by atoms with Gasteiger partial charge < -0.3 is 14.6 Å². The topological polar surface area (TPSA) is 38.7 Å². The highest BCUT2D eigenvalue weighted by molar-refractivity contribution is 9.10. The Morgan fingerprint density at radius 1 is 1.40 bits per heavy atom. The van der Waals surface area contributed by atoms with Crippen molar-refractivity contribution in [2.45, 2.75) is 44.8 Å². The van der Waals surface area contributed by atoms with Gasteiger partial charge in [0, 0.05) is 29.8 Å². The Balaban J connectivity index is 1.78. The van der Waals surface area contributed by atoms with E-state index in [9.17, 15) is 5.11 Å². The third kappa shape index (κ3) is 2.74. The van der Waals surface area contributed by atoms with Gasteiger partial charge in [-0.05, 0) is 36.1 Å². The van der Waals surface area contributed by atoms with Gasteiger partial charge in [0.1, 0.15) is 5.75 Å². The van der Waals surface area contributed by atoms with Crippen molar-refractivity contribution < 1.29 is 14.6 Å². The van der Waals surface area contributed by atoms with Gasteiger partial charge in [-0.3, -0.25) is 0 Å². The molecule has 0 amide bonds. The Morgan fingerprint density at radius 2 is 2.25 bits per heavy atom. The van der Waals surface area contributed by atoms with E-state index in [0.29, 0.717) is 6.42 Å². The molecule has 3 nitrogen and oxygen atoms in total. The average Bonchev–Trinajstić information content (AvgIpc) is 3.06. The van der Waals surface area contributed by atoms with Gasteiger partial charge in [-0.25, -0.2) is 0 Å². The van der Waals surface area contributed by atoms with Crippen LogP contribution in [0, 0.1) is 5.92 Å². The number of fused-ring (bicyclic) bond motifs is 1. The highest BCUT2D eigenvalue weighted by Gasteiger charge is 2.33. The Kier molecular flexibility index (Phi) is 4.34. The maximum atomic E-state index is 10.6. The second-order valence-electron chi connectivity index (χ2n) is 5.69. The van der Waals surface area contributed by atoms with E-state index in [-0.39, 0.29) is 18.1 Å². The molecule has 2 aliphatic heterocycles. The maximum Gasteiger partial charge on any atom is 0.125 e. The van der Waals surface area contributed by atoms with Crippen molar-refractivity contribution in [3.05, 3.63) is 27.7 Å². The monoisotopic (exact) mass is 340 g/mol. The van der Waals surface area contributed by atoms with Gasteiger partial charge in [-0.2, -0.15) is 0 Å². The molecule has 1 aromatic rings. The molecule has 0 aromatic heterocycles. The summed E-state index contributed by atoms with van der Waals surface area (Å²) in [4.78, 5) is 0. The summed E-state index contributed by atoms with van der Waals surface area (Å²) in [5.74, 6) is 1.23. The molecule has 2 heterocycles. The van der Waals surface area contributed by atoms with Crippen LogP contribution in [0.15, 0.2) is 16.6 Å². The van der Waals surface area contributed by atoms with Gasteiger partial charge in [0.2, 0.25) is 0 Å². The lowest BCUT2D eigenvalue weighted by atomic mass is 9.89. The highest BCUT2D eigenvalue weighted by Crippen LogP contribution is 2.36. The molecule has 0 aliphatic carbocycles. The van der Waals surface area contributed by atoms with Crippen molar-refractivity contribution in [2.24, 2.45) is 5.92 Å². The Hall–Kier alpha value is -0.580. The summed E-state index contributed by atoms with van der Waals surface area (Å²) in [5.41, 5.74) is 2.36. The van der Waals surface area contributed by atoms with Crippen molar-refractivity contribution >= 4 is 15.9 Å². The van der Waals surface area contributed by atoms with Gasteiger partial charge >= 0.3 is 0 Å². The molecule has 3 unspecified atom stereocenters. The fraction of sp³-hybridized carbons (Fsp3) is 0.625. The molecule has 1 saturated heterocycles. The van der Waals surface area contributed by atoms with Gasteiger partial charge in [0.05, 0.1) is 18.8 Å². The van der Waals surface area contributed by atoms with Crippen LogP contribution in [0.25, 0.3) is 0 Å². The Labute approximate surface area is 128 Å². The molecule has 110 valence electrons. The number of benzene rings is 1. The fourth-order valence-corrected chi connectivity index (χ4v) is 3.95. The molecular formula is C16H21BrO3. The lowest BCUT2D eigenvalue weighted by molar-refractivity contribution is 0.0315. The zero-order chi connectivity index (χ0) is 14.1. The number of rotatable bonds is 4. The zero-order valence-electron chi connectivity index (χ0n) is 11.8. The first kappa shape index (κ1) is 14.4. The minimum absolute atomic E-state index is 0.200. The summed E-state index contributed by atoms with van der Waals surface area (Å²) in [6, 6.07) is 4.19. The number of ether oxygens (including phenoxy) is 2. The summed E-state index contributed by atoms with van der Waals surface area (Å²) < 4.78 is 12.5. The number of aliphatic hydroxyl groups excluding tert-OH is 1. The first-order valence-corrected chi connectivity index (χ1v) is 8.22. The molecule has 0 radical (unpaired) electrons. The molecule has 1 aromatic carbocycles. The van der Waals surface area contributed by atoms with E-state index >= 15 is 0 Å². The van der Waals surface area contributed by atoms with Crippen LogP contribution in [-0.4, -0.2) is 30.5 Å². The van der Waals surface area contributed by atoms with E-state index in [1.54, 1.807) is 0 Å². The molecule has 1 fully saturated rings. The van der Waals surface area contributed by atoms with Crippen LogP contribution in [0.2, 0.25) is 0 Å². The van der Waals surface area contributed by atoms with E-state index in [0.717, 1.165) is 48.3 Å². The van der Waals surface area contributed by atoms with Crippen LogP contribution in [0.1, 0.15) is 30.9 Å². The number of hydrogen-bond acceptors (Lipinski definition) is 3. The molecule has 3 atom stereocenters. The average molecular weight is 341 g/mol. The van der Waals surface area contributed by atoms with Crippen molar-refractivity contribution in [1.29, 1.82) is 0 Å². The number of hydrogen-bond donors (Lipinski definition) is 1. The summed E-state index contributed by atoms with van der Waals surface area (Å²) in [6.07, 6.45) is 3.37. The van der Waals surface area contributed by atoms with E-state index in [2.05, 4.69) is 35.0 Å². The summed E-state index contributed by atoms with van der Waals surface area (Å²) in [7, 11) is 0. The van der Waals surface area contributed by atoms with Crippen LogP contribution in [0.4, 0.5) is 0 Å². The first-order chi connectivity index (χ1) is 9.69. The van der Waals surface area contributed by atoms with Crippen molar-refractivity contribution in [3.63, 3.8) is 0 Å². The van der Waals surface area contributed by atoms with E-state index in [1.165, 1.54) is 5.56 Å². The highest BCUT2D eigenvalue weighted by atomic mass is 79.9. The Bertz CT molecular complexity index is 489. The number of halogens is 1. The standard InChI is InChI=1S/C16H21BrO3/c1-2-15-13(4-6-19-15)14(18)9-11-8-12(17)7-10-3-5-20-16(10)11/h7-8,13-15,18H,2-6,9H2,1H3.